The molecule has 2 aliphatic heterocycles. The molecule has 0 aliphatic carbocycles. The molecule has 0 bridgehead atoms. The van der Waals surface area contributed by atoms with E-state index in [-0.39, 0.29) is 28.9 Å². The van der Waals surface area contributed by atoms with Crippen LogP contribution in [0.4, 0.5) is 0 Å². The van der Waals surface area contributed by atoms with Gasteiger partial charge in [0, 0.05) is 25.6 Å². The Morgan fingerprint density at radius 3 is 2.50 bits per heavy atom. The summed E-state index contributed by atoms with van der Waals surface area (Å²) in [4.78, 5) is 12.6. The first-order valence-corrected chi connectivity index (χ1v) is 10.6. The number of rotatable bonds is 5. The highest BCUT2D eigenvalue weighted by molar-refractivity contribution is 7.89. The van der Waals surface area contributed by atoms with E-state index in [0.717, 1.165) is 19.4 Å². The van der Waals surface area contributed by atoms with Crippen molar-refractivity contribution in [1.29, 1.82) is 0 Å². The fraction of sp³-hybridized carbons (Fsp3) is 0.765. The Bertz CT molecular complexity index is 727. The summed E-state index contributed by atoms with van der Waals surface area (Å²) < 4.78 is 37.7. The Morgan fingerprint density at radius 2 is 1.96 bits per heavy atom. The molecular weight excluding hydrogens is 358 g/mol. The molecule has 9 heteroatoms. The summed E-state index contributed by atoms with van der Waals surface area (Å²) in [5, 5.41) is 6.77. The van der Waals surface area contributed by atoms with Gasteiger partial charge in [-0.05, 0) is 46.5 Å². The number of piperidine rings is 1. The first-order chi connectivity index (χ1) is 12.3. The number of nitrogens with zero attached hydrogens (tertiary/aromatic N) is 2. The molecule has 1 N–H and O–H groups in total. The van der Waals surface area contributed by atoms with Crippen LogP contribution < -0.4 is 5.32 Å². The van der Waals surface area contributed by atoms with Crippen LogP contribution in [-0.2, 0) is 19.6 Å². The number of aryl methyl sites for hydroxylation is 2. The molecule has 1 aromatic heterocycles. The Hall–Kier alpha value is -1.45. The van der Waals surface area contributed by atoms with Crippen molar-refractivity contribution < 1.29 is 22.5 Å². The molecule has 0 saturated carbocycles. The third kappa shape index (κ3) is 3.79. The van der Waals surface area contributed by atoms with Crippen molar-refractivity contribution in [3.05, 3.63) is 11.5 Å². The van der Waals surface area contributed by atoms with Gasteiger partial charge in [-0.25, -0.2) is 8.42 Å². The summed E-state index contributed by atoms with van der Waals surface area (Å²) in [5.41, 5.74) is 0.368. The van der Waals surface area contributed by atoms with E-state index in [9.17, 15) is 13.2 Å². The summed E-state index contributed by atoms with van der Waals surface area (Å²) >= 11 is 0. The second kappa shape index (κ2) is 7.66. The van der Waals surface area contributed by atoms with E-state index < -0.39 is 10.0 Å². The van der Waals surface area contributed by atoms with Gasteiger partial charge in [0.15, 0.2) is 5.76 Å². The molecule has 146 valence electrons. The minimum atomic E-state index is -3.64. The molecule has 2 aliphatic rings. The van der Waals surface area contributed by atoms with Gasteiger partial charge in [0.1, 0.15) is 10.6 Å². The van der Waals surface area contributed by atoms with Crippen LogP contribution in [0.25, 0.3) is 0 Å². The Kier molecular flexibility index (Phi) is 5.69. The molecule has 2 saturated heterocycles. The normalized spacial score (nSPS) is 23.9. The number of amides is 1. The highest BCUT2D eigenvalue weighted by Crippen LogP contribution is 2.28. The first kappa shape index (κ1) is 19.3. The highest BCUT2D eigenvalue weighted by atomic mass is 32.2. The molecule has 0 unspecified atom stereocenters. The summed E-state index contributed by atoms with van der Waals surface area (Å²) in [6.07, 6.45) is 3.09. The molecule has 1 amide bonds. The maximum absolute atomic E-state index is 12.8. The van der Waals surface area contributed by atoms with Crippen molar-refractivity contribution in [2.75, 3.05) is 19.7 Å². The zero-order valence-corrected chi connectivity index (χ0v) is 16.3. The number of hydrogen-bond donors (Lipinski definition) is 1. The quantitative estimate of drug-likeness (QED) is 0.821. The lowest BCUT2D eigenvalue weighted by molar-refractivity contribution is -0.127. The van der Waals surface area contributed by atoms with Crippen LogP contribution in [0.1, 0.15) is 44.1 Å². The number of carbonyl (C=O) groups excluding carboxylic acids is 1. The van der Waals surface area contributed by atoms with Crippen molar-refractivity contribution >= 4 is 15.9 Å². The van der Waals surface area contributed by atoms with E-state index in [1.165, 1.54) is 4.31 Å². The lowest BCUT2D eigenvalue weighted by Crippen LogP contribution is -2.47. The smallest absolute Gasteiger partial charge is 0.248 e. The van der Waals surface area contributed by atoms with Crippen molar-refractivity contribution in [2.45, 2.75) is 63.5 Å². The van der Waals surface area contributed by atoms with Gasteiger partial charge in [-0.2, -0.15) is 4.31 Å². The van der Waals surface area contributed by atoms with Gasteiger partial charge in [-0.15, -0.1) is 0 Å². The molecular formula is C17H27N3O5S. The standard InChI is InChI=1S/C17H27N3O5S/c1-11(15-5-4-10-24-15)18-17(21)14-6-8-20(9-7-14)26(22,23)16-12(2)19-25-13(16)3/h11,14-15H,4-10H2,1-3H3,(H,18,21)/t11-,15+/m0/s1. The fourth-order valence-corrected chi connectivity index (χ4v) is 5.52. The van der Waals surface area contributed by atoms with Crippen LogP contribution in [0.5, 0.6) is 0 Å². The Morgan fingerprint density at radius 1 is 1.27 bits per heavy atom. The van der Waals surface area contributed by atoms with Gasteiger partial charge in [-0.3, -0.25) is 4.79 Å². The molecule has 0 spiro atoms. The zero-order valence-electron chi connectivity index (χ0n) is 15.5. The fourth-order valence-electron chi connectivity index (χ4n) is 3.76. The van der Waals surface area contributed by atoms with E-state index >= 15 is 0 Å². The number of nitrogens with one attached hydrogen (secondary N) is 1. The van der Waals surface area contributed by atoms with Gasteiger partial charge < -0.3 is 14.6 Å². The number of sulfonamides is 1. The second-order valence-electron chi connectivity index (χ2n) is 7.18. The molecule has 2 atom stereocenters. The first-order valence-electron chi connectivity index (χ1n) is 9.15. The van der Waals surface area contributed by atoms with Crippen molar-refractivity contribution in [3.8, 4) is 0 Å². The van der Waals surface area contributed by atoms with Crippen molar-refractivity contribution in [1.82, 2.24) is 14.8 Å². The summed E-state index contributed by atoms with van der Waals surface area (Å²) in [6.45, 7) is 6.57. The average Bonchev–Trinajstić information content (AvgIpc) is 3.25. The number of ether oxygens (including phenoxy) is 1. The SMILES string of the molecule is Cc1noc(C)c1S(=O)(=O)N1CCC(C(=O)N[C@@H](C)[C@H]2CCCO2)CC1. The van der Waals surface area contributed by atoms with Gasteiger partial charge in [0.05, 0.1) is 12.1 Å². The molecule has 3 rings (SSSR count). The van der Waals surface area contributed by atoms with Crippen molar-refractivity contribution in [3.63, 3.8) is 0 Å². The van der Waals surface area contributed by atoms with Crippen LogP contribution in [0.3, 0.4) is 0 Å². The van der Waals surface area contributed by atoms with Crippen LogP contribution in [0.2, 0.25) is 0 Å². The minimum Gasteiger partial charge on any atom is -0.376 e. The van der Waals surface area contributed by atoms with Crippen LogP contribution in [0.15, 0.2) is 9.42 Å². The summed E-state index contributed by atoms with van der Waals surface area (Å²) in [7, 11) is -3.64. The zero-order chi connectivity index (χ0) is 18.9. The maximum Gasteiger partial charge on any atom is 0.248 e. The largest absolute Gasteiger partial charge is 0.376 e. The number of hydrogen-bond acceptors (Lipinski definition) is 6. The third-order valence-electron chi connectivity index (χ3n) is 5.28. The molecule has 0 radical (unpaired) electrons. The average molecular weight is 385 g/mol. The van der Waals surface area contributed by atoms with Crippen molar-refractivity contribution in [2.24, 2.45) is 5.92 Å². The van der Waals surface area contributed by atoms with Gasteiger partial charge in [0.25, 0.3) is 0 Å². The summed E-state index contributed by atoms with van der Waals surface area (Å²) in [6, 6.07) is -0.0194. The van der Waals surface area contributed by atoms with Crippen LogP contribution >= 0.6 is 0 Å². The molecule has 8 nitrogen and oxygen atoms in total. The maximum atomic E-state index is 12.8. The predicted molar refractivity (Wildman–Crippen MR) is 94.0 cm³/mol. The van der Waals surface area contributed by atoms with E-state index in [1.54, 1.807) is 13.8 Å². The molecule has 1 aromatic rings. The second-order valence-corrected chi connectivity index (χ2v) is 9.06. The van der Waals surface area contributed by atoms with Crippen LogP contribution in [-0.4, -0.2) is 55.6 Å². The monoisotopic (exact) mass is 385 g/mol. The molecule has 0 aromatic carbocycles. The number of carbonyl (C=O) groups is 1. The summed E-state index contributed by atoms with van der Waals surface area (Å²) in [5.74, 6) is 0.116. The van der Waals surface area contributed by atoms with Gasteiger partial charge in [-0.1, -0.05) is 5.16 Å². The number of aromatic nitrogens is 1. The highest BCUT2D eigenvalue weighted by Gasteiger charge is 2.36. The lowest BCUT2D eigenvalue weighted by Gasteiger charge is -2.31. The topological polar surface area (TPSA) is 102 Å². The Labute approximate surface area is 154 Å². The van der Waals surface area contributed by atoms with E-state index in [0.29, 0.717) is 37.4 Å². The van der Waals surface area contributed by atoms with Gasteiger partial charge >= 0.3 is 0 Å². The minimum absolute atomic E-state index is 0.0117. The van der Waals surface area contributed by atoms with Crippen LogP contribution in [0, 0.1) is 19.8 Å². The van der Waals surface area contributed by atoms with E-state index in [4.69, 9.17) is 9.26 Å². The molecule has 3 heterocycles. The van der Waals surface area contributed by atoms with Gasteiger partial charge in [0.2, 0.25) is 15.9 Å². The third-order valence-corrected chi connectivity index (χ3v) is 7.43. The molecule has 2 fully saturated rings. The lowest BCUT2D eigenvalue weighted by atomic mass is 9.96. The van der Waals surface area contributed by atoms with E-state index in [1.807, 2.05) is 6.92 Å². The van der Waals surface area contributed by atoms with E-state index in [2.05, 4.69) is 10.5 Å². The molecule has 26 heavy (non-hydrogen) atoms. The predicted octanol–water partition coefficient (Wildman–Crippen LogP) is 1.38. The Balaban J connectivity index is 1.57.